The second-order valence-electron chi connectivity index (χ2n) is 5.76. The van der Waals surface area contributed by atoms with Gasteiger partial charge in [-0.1, -0.05) is 11.6 Å². The minimum Gasteiger partial charge on any atom is -0.355 e. The minimum absolute atomic E-state index is 0.236. The summed E-state index contributed by atoms with van der Waals surface area (Å²) in [6.07, 6.45) is 5.72. The standard InChI is InChI=1S/C14H14Cl2N4/c15-12-11-10(3-4-17-12)13(19-14(16)18-11)20-6-8-1-2-9(5-8)7-20/h3-4,8-9H,1-2,5-7H2. The van der Waals surface area contributed by atoms with Crippen LogP contribution in [0.3, 0.4) is 0 Å². The molecule has 3 heterocycles. The van der Waals surface area contributed by atoms with E-state index < -0.39 is 0 Å². The van der Waals surface area contributed by atoms with Gasteiger partial charge in [0, 0.05) is 24.7 Å². The molecule has 1 saturated carbocycles. The largest absolute Gasteiger partial charge is 0.355 e. The molecule has 4 nitrogen and oxygen atoms in total. The normalized spacial score (nSPS) is 25.4. The predicted octanol–water partition coefficient (Wildman–Crippen LogP) is 3.57. The van der Waals surface area contributed by atoms with E-state index in [-0.39, 0.29) is 5.28 Å². The molecule has 0 spiro atoms. The highest BCUT2D eigenvalue weighted by molar-refractivity contribution is 6.34. The fraction of sp³-hybridized carbons (Fsp3) is 0.500. The predicted molar refractivity (Wildman–Crippen MR) is 80.4 cm³/mol. The lowest BCUT2D eigenvalue weighted by atomic mass is 9.98. The summed E-state index contributed by atoms with van der Waals surface area (Å²) in [5, 5.41) is 1.56. The van der Waals surface area contributed by atoms with Gasteiger partial charge in [0.1, 0.15) is 11.3 Å². The Labute approximate surface area is 127 Å². The maximum Gasteiger partial charge on any atom is 0.225 e. The Morgan fingerprint density at radius 1 is 1.10 bits per heavy atom. The maximum atomic E-state index is 6.13. The molecule has 104 valence electrons. The molecule has 2 atom stereocenters. The van der Waals surface area contributed by atoms with Crippen LogP contribution < -0.4 is 4.90 Å². The molecule has 0 N–H and O–H groups in total. The fourth-order valence-electron chi connectivity index (χ4n) is 3.60. The Morgan fingerprint density at radius 2 is 1.85 bits per heavy atom. The molecule has 6 heteroatoms. The van der Waals surface area contributed by atoms with Crippen LogP contribution in [0.25, 0.3) is 10.9 Å². The zero-order chi connectivity index (χ0) is 13.7. The van der Waals surface area contributed by atoms with Crippen molar-refractivity contribution in [2.24, 2.45) is 11.8 Å². The average molecular weight is 309 g/mol. The summed E-state index contributed by atoms with van der Waals surface area (Å²) in [5.74, 6) is 2.48. The van der Waals surface area contributed by atoms with E-state index in [1.165, 1.54) is 19.3 Å². The summed E-state index contributed by atoms with van der Waals surface area (Å²) in [6.45, 7) is 2.11. The van der Waals surface area contributed by atoms with Gasteiger partial charge in [-0.15, -0.1) is 0 Å². The first-order valence-corrected chi connectivity index (χ1v) is 7.69. The van der Waals surface area contributed by atoms with Crippen molar-refractivity contribution in [3.8, 4) is 0 Å². The molecule has 1 aliphatic carbocycles. The Bertz CT molecular complexity index is 664. The lowest BCUT2D eigenvalue weighted by Gasteiger charge is -2.33. The number of anilines is 1. The van der Waals surface area contributed by atoms with Gasteiger partial charge in [0.05, 0.1) is 0 Å². The molecule has 4 rings (SSSR count). The number of rotatable bonds is 1. The molecule has 0 radical (unpaired) electrons. The van der Waals surface area contributed by atoms with Crippen LogP contribution in [0.15, 0.2) is 12.3 Å². The van der Waals surface area contributed by atoms with Gasteiger partial charge in [-0.3, -0.25) is 0 Å². The first kappa shape index (κ1) is 12.6. The zero-order valence-electron chi connectivity index (χ0n) is 10.9. The Kier molecular flexibility index (Phi) is 2.97. The van der Waals surface area contributed by atoms with Crippen molar-refractivity contribution >= 4 is 39.9 Å². The highest BCUT2D eigenvalue weighted by atomic mass is 35.5. The molecule has 1 aliphatic heterocycles. The number of nitrogens with zero attached hydrogens (tertiary/aromatic N) is 4. The molecule has 2 unspecified atom stereocenters. The third-order valence-electron chi connectivity index (χ3n) is 4.43. The summed E-state index contributed by atoms with van der Waals surface area (Å²) in [5.41, 5.74) is 0.641. The van der Waals surface area contributed by atoms with Crippen molar-refractivity contribution in [2.45, 2.75) is 19.3 Å². The fourth-order valence-corrected chi connectivity index (χ4v) is 3.97. The van der Waals surface area contributed by atoms with Gasteiger partial charge in [-0.25, -0.2) is 9.97 Å². The van der Waals surface area contributed by atoms with E-state index in [0.717, 1.165) is 36.1 Å². The van der Waals surface area contributed by atoms with Crippen LogP contribution >= 0.6 is 23.2 Å². The first-order valence-electron chi connectivity index (χ1n) is 6.93. The Balaban J connectivity index is 1.85. The second kappa shape index (κ2) is 4.71. The van der Waals surface area contributed by atoms with Gasteiger partial charge in [0.2, 0.25) is 5.28 Å². The van der Waals surface area contributed by atoms with E-state index >= 15 is 0 Å². The van der Waals surface area contributed by atoms with Crippen LogP contribution in [0, 0.1) is 11.8 Å². The first-order chi connectivity index (χ1) is 9.70. The summed E-state index contributed by atoms with van der Waals surface area (Å²) in [7, 11) is 0. The second-order valence-corrected chi connectivity index (χ2v) is 6.46. The van der Waals surface area contributed by atoms with E-state index in [0.29, 0.717) is 10.7 Å². The molecular formula is C14H14Cl2N4. The van der Waals surface area contributed by atoms with Crippen LogP contribution in [0.4, 0.5) is 5.82 Å². The highest BCUT2D eigenvalue weighted by Gasteiger charge is 2.34. The molecule has 0 amide bonds. The molecule has 2 fully saturated rings. The molecular weight excluding hydrogens is 295 g/mol. The van der Waals surface area contributed by atoms with Gasteiger partial charge in [-0.2, -0.15) is 4.98 Å². The van der Waals surface area contributed by atoms with Crippen LogP contribution in [-0.2, 0) is 0 Å². The van der Waals surface area contributed by atoms with Gasteiger partial charge in [0.15, 0.2) is 5.15 Å². The topological polar surface area (TPSA) is 41.9 Å². The number of aromatic nitrogens is 3. The van der Waals surface area contributed by atoms with Gasteiger partial charge < -0.3 is 4.90 Å². The van der Waals surface area contributed by atoms with Crippen molar-refractivity contribution in [3.05, 3.63) is 22.7 Å². The molecule has 20 heavy (non-hydrogen) atoms. The number of piperidine rings is 1. The summed E-state index contributed by atoms with van der Waals surface area (Å²) in [6, 6.07) is 1.92. The number of halogens is 2. The van der Waals surface area contributed by atoms with Gasteiger partial charge in [-0.05, 0) is 48.8 Å². The Morgan fingerprint density at radius 3 is 2.60 bits per heavy atom. The third-order valence-corrected chi connectivity index (χ3v) is 4.87. The number of hydrogen-bond donors (Lipinski definition) is 0. The molecule has 1 saturated heterocycles. The van der Waals surface area contributed by atoms with Crippen molar-refractivity contribution < 1.29 is 0 Å². The quantitative estimate of drug-likeness (QED) is 0.596. The highest BCUT2D eigenvalue weighted by Crippen LogP contribution is 2.39. The lowest BCUT2D eigenvalue weighted by Crippen LogP contribution is -2.37. The smallest absolute Gasteiger partial charge is 0.225 e. The maximum absolute atomic E-state index is 6.13. The summed E-state index contributed by atoms with van der Waals surface area (Å²) < 4.78 is 0. The van der Waals surface area contributed by atoms with Gasteiger partial charge in [0.25, 0.3) is 0 Å². The average Bonchev–Trinajstić information content (AvgIpc) is 2.78. The molecule has 2 aromatic heterocycles. The summed E-state index contributed by atoms with van der Waals surface area (Å²) in [4.78, 5) is 15.1. The SMILES string of the molecule is Clc1nc(N2CC3CCC(C3)C2)c2ccnc(Cl)c2n1. The monoisotopic (exact) mass is 308 g/mol. The Hall–Kier alpha value is -1.13. The zero-order valence-corrected chi connectivity index (χ0v) is 12.4. The molecule has 2 bridgehead atoms. The van der Waals surface area contributed by atoms with E-state index in [1.54, 1.807) is 6.20 Å². The van der Waals surface area contributed by atoms with E-state index in [1.807, 2.05) is 6.07 Å². The summed E-state index contributed by atoms with van der Waals surface area (Å²) >= 11 is 12.2. The number of fused-ring (bicyclic) bond motifs is 3. The molecule has 2 aliphatic rings. The van der Waals surface area contributed by atoms with Crippen molar-refractivity contribution in [2.75, 3.05) is 18.0 Å². The van der Waals surface area contributed by atoms with E-state index in [2.05, 4.69) is 19.9 Å². The van der Waals surface area contributed by atoms with Crippen LogP contribution in [0.5, 0.6) is 0 Å². The van der Waals surface area contributed by atoms with Crippen LogP contribution in [0.2, 0.25) is 10.4 Å². The van der Waals surface area contributed by atoms with Crippen molar-refractivity contribution in [1.82, 2.24) is 15.0 Å². The molecule has 2 aromatic rings. The van der Waals surface area contributed by atoms with E-state index in [9.17, 15) is 0 Å². The van der Waals surface area contributed by atoms with Crippen LogP contribution in [-0.4, -0.2) is 28.0 Å². The number of hydrogen-bond acceptors (Lipinski definition) is 4. The number of pyridine rings is 1. The third kappa shape index (κ3) is 2.02. The van der Waals surface area contributed by atoms with E-state index in [4.69, 9.17) is 23.2 Å². The lowest BCUT2D eigenvalue weighted by molar-refractivity contribution is 0.420. The minimum atomic E-state index is 0.236. The van der Waals surface area contributed by atoms with Crippen LogP contribution in [0.1, 0.15) is 19.3 Å². The van der Waals surface area contributed by atoms with Crippen molar-refractivity contribution in [1.29, 1.82) is 0 Å². The molecule has 0 aromatic carbocycles. The van der Waals surface area contributed by atoms with Gasteiger partial charge >= 0.3 is 0 Å². The van der Waals surface area contributed by atoms with Crippen molar-refractivity contribution in [3.63, 3.8) is 0 Å².